The summed E-state index contributed by atoms with van der Waals surface area (Å²) in [6.07, 6.45) is 0.682. The number of rotatable bonds is 8. The SMILES string of the molecule is CCNC(=O)N(CCN1CCOCC1)CC(=O)N1N=C(c2cccs2)CC1c1cccs1. The van der Waals surface area contributed by atoms with Crippen LogP contribution in [0.25, 0.3) is 0 Å². The lowest BCUT2D eigenvalue weighted by Gasteiger charge is -2.31. The molecule has 0 radical (unpaired) electrons. The number of amides is 3. The van der Waals surface area contributed by atoms with E-state index in [0.29, 0.717) is 39.3 Å². The van der Waals surface area contributed by atoms with Gasteiger partial charge in [-0.3, -0.25) is 9.69 Å². The minimum Gasteiger partial charge on any atom is -0.379 e. The molecule has 1 atom stereocenters. The Hall–Kier alpha value is -2.27. The van der Waals surface area contributed by atoms with Gasteiger partial charge in [-0.15, -0.1) is 22.7 Å². The Morgan fingerprint density at radius 2 is 2.00 bits per heavy atom. The highest BCUT2D eigenvalue weighted by molar-refractivity contribution is 7.12. The first kappa shape index (κ1) is 22.9. The van der Waals surface area contributed by atoms with Crippen LogP contribution >= 0.6 is 22.7 Å². The molecule has 32 heavy (non-hydrogen) atoms. The first-order valence-electron chi connectivity index (χ1n) is 11.0. The van der Waals surface area contributed by atoms with Gasteiger partial charge < -0.3 is 15.0 Å². The van der Waals surface area contributed by atoms with Crippen molar-refractivity contribution in [2.24, 2.45) is 5.10 Å². The van der Waals surface area contributed by atoms with Crippen molar-refractivity contribution in [3.8, 4) is 0 Å². The second-order valence-corrected chi connectivity index (χ2v) is 9.64. The molecule has 0 aromatic carbocycles. The van der Waals surface area contributed by atoms with Crippen LogP contribution in [0.1, 0.15) is 29.1 Å². The highest BCUT2D eigenvalue weighted by atomic mass is 32.1. The van der Waals surface area contributed by atoms with Gasteiger partial charge in [-0.1, -0.05) is 12.1 Å². The van der Waals surface area contributed by atoms with E-state index < -0.39 is 0 Å². The van der Waals surface area contributed by atoms with Crippen molar-refractivity contribution in [2.75, 3.05) is 52.5 Å². The fraction of sp³-hybridized carbons (Fsp3) is 0.500. The van der Waals surface area contributed by atoms with Gasteiger partial charge >= 0.3 is 6.03 Å². The Morgan fingerprint density at radius 1 is 1.22 bits per heavy atom. The van der Waals surface area contributed by atoms with Gasteiger partial charge in [-0.2, -0.15) is 5.10 Å². The van der Waals surface area contributed by atoms with Crippen LogP contribution in [0.4, 0.5) is 4.79 Å². The number of ether oxygens (including phenoxy) is 1. The predicted octanol–water partition coefficient (Wildman–Crippen LogP) is 2.85. The number of nitrogens with one attached hydrogen (secondary N) is 1. The van der Waals surface area contributed by atoms with Crippen molar-refractivity contribution in [1.82, 2.24) is 20.1 Å². The molecule has 2 aromatic heterocycles. The van der Waals surface area contributed by atoms with Crippen LogP contribution in [0.3, 0.4) is 0 Å². The molecule has 0 aliphatic carbocycles. The van der Waals surface area contributed by atoms with E-state index in [4.69, 9.17) is 9.84 Å². The number of carbonyl (C=O) groups excluding carboxylic acids is 2. The largest absolute Gasteiger partial charge is 0.379 e. The molecular formula is C22H29N5O3S2. The number of nitrogens with zero attached hydrogens (tertiary/aromatic N) is 4. The summed E-state index contributed by atoms with van der Waals surface area (Å²) in [4.78, 5) is 32.2. The van der Waals surface area contributed by atoms with E-state index in [1.165, 1.54) is 0 Å². The fourth-order valence-corrected chi connectivity index (χ4v) is 5.41. The molecule has 0 bridgehead atoms. The zero-order valence-electron chi connectivity index (χ0n) is 18.2. The van der Waals surface area contributed by atoms with Crippen molar-refractivity contribution >= 4 is 40.3 Å². The van der Waals surface area contributed by atoms with E-state index in [9.17, 15) is 9.59 Å². The summed E-state index contributed by atoms with van der Waals surface area (Å²) in [5.41, 5.74) is 0.921. The number of urea groups is 1. The Morgan fingerprint density at radius 3 is 2.69 bits per heavy atom. The zero-order chi connectivity index (χ0) is 22.3. The van der Waals surface area contributed by atoms with Gasteiger partial charge in [0, 0.05) is 44.0 Å². The van der Waals surface area contributed by atoms with E-state index in [1.807, 2.05) is 41.9 Å². The molecule has 1 N–H and O–H groups in total. The van der Waals surface area contributed by atoms with Crippen LogP contribution < -0.4 is 5.32 Å². The summed E-state index contributed by atoms with van der Waals surface area (Å²) in [5, 5.41) is 13.2. The van der Waals surface area contributed by atoms with E-state index in [2.05, 4.69) is 10.2 Å². The molecule has 2 aliphatic heterocycles. The van der Waals surface area contributed by atoms with Gasteiger partial charge in [0.15, 0.2) is 0 Å². The summed E-state index contributed by atoms with van der Waals surface area (Å²) < 4.78 is 5.40. The Labute approximate surface area is 196 Å². The fourth-order valence-electron chi connectivity index (χ4n) is 3.87. The maximum absolute atomic E-state index is 13.4. The quantitative estimate of drug-likeness (QED) is 0.637. The van der Waals surface area contributed by atoms with Crippen molar-refractivity contribution in [2.45, 2.75) is 19.4 Å². The summed E-state index contributed by atoms with van der Waals surface area (Å²) in [5.74, 6) is -0.164. The van der Waals surface area contributed by atoms with Crippen LogP contribution in [-0.4, -0.2) is 84.9 Å². The Balaban J connectivity index is 1.48. The Bertz CT molecular complexity index is 910. The number of morpholine rings is 1. The number of hydrogen-bond acceptors (Lipinski definition) is 7. The maximum atomic E-state index is 13.4. The van der Waals surface area contributed by atoms with Crippen LogP contribution in [-0.2, 0) is 9.53 Å². The molecular weight excluding hydrogens is 446 g/mol. The van der Waals surface area contributed by atoms with Crippen LogP contribution in [0, 0.1) is 0 Å². The average Bonchev–Trinajstić information content (AvgIpc) is 3.57. The number of hydrogen-bond donors (Lipinski definition) is 1. The molecule has 10 heteroatoms. The molecule has 8 nitrogen and oxygen atoms in total. The van der Waals surface area contributed by atoms with Gasteiger partial charge in [-0.25, -0.2) is 9.80 Å². The van der Waals surface area contributed by atoms with Crippen molar-refractivity contribution < 1.29 is 14.3 Å². The number of thiophene rings is 2. The predicted molar refractivity (Wildman–Crippen MR) is 127 cm³/mol. The third-order valence-corrected chi connectivity index (χ3v) is 7.47. The van der Waals surface area contributed by atoms with Crippen molar-refractivity contribution in [3.63, 3.8) is 0 Å². The topological polar surface area (TPSA) is 77.5 Å². The van der Waals surface area contributed by atoms with Crippen LogP contribution in [0.2, 0.25) is 0 Å². The van der Waals surface area contributed by atoms with Gasteiger partial charge in [0.2, 0.25) is 0 Å². The molecule has 1 fully saturated rings. The maximum Gasteiger partial charge on any atom is 0.317 e. The minimum absolute atomic E-state index is 0.000725. The highest BCUT2D eigenvalue weighted by Crippen LogP contribution is 2.36. The molecule has 172 valence electrons. The third kappa shape index (κ3) is 5.55. The highest BCUT2D eigenvalue weighted by Gasteiger charge is 2.35. The summed E-state index contributed by atoms with van der Waals surface area (Å²) in [6, 6.07) is 7.72. The van der Waals surface area contributed by atoms with E-state index in [-0.39, 0.29) is 24.5 Å². The summed E-state index contributed by atoms with van der Waals surface area (Å²) in [7, 11) is 0. The van der Waals surface area contributed by atoms with Crippen molar-refractivity contribution in [1.29, 1.82) is 0 Å². The Kier molecular flexibility index (Phi) is 7.90. The number of carbonyl (C=O) groups is 2. The molecule has 1 saturated heterocycles. The monoisotopic (exact) mass is 475 g/mol. The third-order valence-electron chi connectivity index (χ3n) is 5.57. The smallest absolute Gasteiger partial charge is 0.317 e. The normalized spacial score (nSPS) is 19.1. The standard InChI is InChI=1S/C22H29N5O3S2/c1-2-23-22(29)26(8-7-25-9-11-30-12-10-25)16-21(28)27-18(20-6-4-14-32-20)15-17(24-27)19-5-3-13-31-19/h3-6,13-14,18H,2,7-12,15-16H2,1H3,(H,23,29). The lowest BCUT2D eigenvalue weighted by atomic mass is 10.1. The zero-order valence-corrected chi connectivity index (χ0v) is 19.9. The van der Waals surface area contributed by atoms with E-state index in [1.54, 1.807) is 32.6 Å². The lowest BCUT2D eigenvalue weighted by molar-refractivity contribution is -0.133. The molecule has 0 spiro atoms. The second kappa shape index (κ2) is 11.0. The second-order valence-electron chi connectivity index (χ2n) is 7.71. The number of hydrazone groups is 1. The van der Waals surface area contributed by atoms with Crippen molar-refractivity contribution in [3.05, 3.63) is 44.8 Å². The first-order chi connectivity index (χ1) is 15.7. The molecule has 4 rings (SSSR count). The average molecular weight is 476 g/mol. The molecule has 2 aliphatic rings. The molecule has 0 saturated carbocycles. The van der Waals surface area contributed by atoms with Gasteiger partial charge in [0.1, 0.15) is 6.54 Å². The van der Waals surface area contributed by atoms with Crippen LogP contribution in [0.5, 0.6) is 0 Å². The lowest BCUT2D eigenvalue weighted by Crippen LogP contribution is -2.49. The molecule has 4 heterocycles. The van der Waals surface area contributed by atoms with E-state index >= 15 is 0 Å². The van der Waals surface area contributed by atoms with Gasteiger partial charge in [0.25, 0.3) is 5.91 Å². The van der Waals surface area contributed by atoms with Crippen LogP contribution in [0.15, 0.2) is 40.1 Å². The van der Waals surface area contributed by atoms with Gasteiger partial charge in [-0.05, 0) is 29.8 Å². The summed E-state index contributed by atoms with van der Waals surface area (Å²) >= 11 is 3.25. The minimum atomic E-state index is -0.219. The molecule has 3 amide bonds. The molecule has 1 unspecified atom stereocenters. The summed E-state index contributed by atoms with van der Waals surface area (Å²) in [6.45, 7) is 6.69. The van der Waals surface area contributed by atoms with Gasteiger partial charge in [0.05, 0.1) is 29.8 Å². The first-order valence-corrected chi connectivity index (χ1v) is 12.7. The van der Waals surface area contributed by atoms with E-state index in [0.717, 1.165) is 28.6 Å². The molecule has 2 aromatic rings.